The molecule has 0 fully saturated rings. The van der Waals surface area contributed by atoms with Crippen LogP contribution < -0.4 is 11.1 Å². The molecule has 1 aromatic carbocycles. The Bertz CT molecular complexity index is 560. The van der Waals surface area contributed by atoms with E-state index >= 15 is 0 Å². The number of rotatable bonds is 5. The van der Waals surface area contributed by atoms with Crippen molar-refractivity contribution in [3.63, 3.8) is 0 Å². The van der Waals surface area contributed by atoms with E-state index in [2.05, 4.69) is 16.4 Å². The van der Waals surface area contributed by atoms with Gasteiger partial charge >= 0.3 is 0 Å². The van der Waals surface area contributed by atoms with E-state index in [1.165, 1.54) is 0 Å². The molecule has 1 unspecified atom stereocenters. The second kappa shape index (κ2) is 6.53. The van der Waals surface area contributed by atoms with Gasteiger partial charge in [0.15, 0.2) is 0 Å². The van der Waals surface area contributed by atoms with E-state index in [-0.39, 0.29) is 6.04 Å². The summed E-state index contributed by atoms with van der Waals surface area (Å²) in [6.45, 7) is 0.705. The van der Waals surface area contributed by atoms with Gasteiger partial charge < -0.3 is 11.1 Å². The quantitative estimate of drug-likeness (QED) is 0.857. The molecule has 2 aromatic rings. The minimum atomic E-state index is -0.00379. The average molecular weight is 252 g/mol. The fourth-order valence-corrected chi connectivity index (χ4v) is 1.86. The minimum Gasteiger partial charge on any atom is -0.383 e. The maximum absolute atomic E-state index is 8.96. The highest BCUT2D eigenvalue weighted by Gasteiger charge is 2.06. The number of hydrogen-bond acceptors (Lipinski definition) is 4. The molecule has 0 spiro atoms. The summed E-state index contributed by atoms with van der Waals surface area (Å²) in [5.41, 5.74) is 8.59. The summed E-state index contributed by atoms with van der Waals surface area (Å²) >= 11 is 0. The smallest absolute Gasteiger partial charge is 0.101 e. The zero-order chi connectivity index (χ0) is 13.5. The number of pyridine rings is 1. The molecule has 0 aliphatic rings. The third kappa shape index (κ3) is 3.54. The van der Waals surface area contributed by atoms with Gasteiger partial charge in [0.25, 0.3) is 0 Å². The van der Waals surface area contributed by atoms with Crippen LogP contribution in [0, 0.1) is 11.3 Å². The fraction of sp³-hybridized carbons (Fsp3) is 0.200. The fourth-order valence-electron chi connectivity index (χ4n) is 1.86. The second-order valence-corrected chi connectivity index (χ2v) is 4.27. The summed E-state index contributed by atoms with van der Waals surface area (Å²) in [6, 6.07) is 13.8. The van der Waals surface area contributed by atoms with Gasteiger partial charge in [-0.15, -0.1) is 0 Å². The van der Waals surface area contributed by atoms with Crippen molar-refractivity contribution in [2.45, 2.75) is 12.5 Å². The zero-order valence-electron chi connectivity index (χ0n) is 10.6. The van der Waals surface area contributed by atoms with Crippen molar-refractivity contribution in [2.24, 2.45) is 5.73 Å². The number of anilines is 1. The van der Waals surface area contributed by atoms with Gasteiger partial charge in [-0.2, -0.15) is 5.26 Å². The highest BCUT2D eigenvalue weighted by molar-refractivity contribution is 5.55. The third-order valence-corrected chi connectivity index (χ3v) is 2.94. The normalized spacial score (nSPS) is 11.6. The SMILES string of the molecule is N#Cc1ccncc1NCCC(N)c1ccccc1. The second-order valence-electron chi connectivity index (χ2n) is 4.27. The van der Waals surface area contributed by atoms with Crippen molar-refractivity contribution in [1.82, 2.24) is 4.98 Å². The number of benzene rings is 1. The summed E-state index contributed by atoms with van der Waals surface area (Å²) in [5, 5.41) is 12.2. The molecule has 0 bridgehead atoms. The van der Waals surface area contributed by atoms with Gasteiger partial charge in [0.05, 0.1) is 17.4 Å². The Balaban J connectivity index is 1.89. The Hall–Kier alpha value is -2.38. The molecule has 0 aliphatic heterocycles. The van der Waals surface area contributed by atoms with Gasteiger partial charge in [0.1, 0.15) is 6.07 Å². The molecule has 0 saturated carbocycles. The first-order chi connectivity index (χ1) is 9.31. The van der Waals surface area contributed by atoms with Crippen LogP contribution in [0.2, 0.25) is 0 Å². The van der Waals surface area contributed by atoms with Crippen LogP contribution in [0.15, 0.2) is 48.8 Å². The van der Waals surface area contributed by atoms with Crippen LogP contribution in [0.3, 0.4) is 0 Å². The van der Waals surface area contributed by atoms with E-state index in [1.807, 2.05) is 30.3 Å². The zero-order valence-corrected chi connectivity index (χ0v) is 10.6. The van der Waals surface area contributed by atoms with Gasteiger partial charge in [0, 0.05) is 18.8 Å². The molecule has 96 valence electrons. The molecule has 1 atom stereocenters. The van der Waals surface area contributed by atoms with Gasteiger partial charge in [0.2, 0.25) is 0 Å². The molecule has 2 rings (SSSR count). The lowest BCUT2D eigenvalue weighted by atomic mass is 10.1. The Morgan fingerprint density at radius 1 is 1.26 bits per heavy atom. The summed E-state index contributed by atoms with van der Waals surface area (Å²) in [5.74, 6) is 0. The summed E-state index contributed by atoms with van der Waals surface area (Å²) in [7, 11) is 0. The molecule has 0 saturated heterocycles. The van der Waals surface area contributed by atoms with Crippen molar-refractivity contribution >= 4 is 5.69 Å². The van der Waals surface area contributed by atoms with Crippen LogP contribution >= 0.6 is 0 Å². The van der Waals surface area contributed by atoms with E-state index in [0.717, 1.165) is 17.7 Å². The van der Waals surface area contributed by atoms with Crippen LogP contribution in [0.1, 0.15) is 23.6 Å². The number of nitrogens with one attached hydrogen (secondary N) is 1. The first-order valence-corrected chi connectivity index (χ1v) is 6.20. The third-order valence-electron chi connectivity index (χ3n) is 2.94. The number of hydrogen-bond donors (Lipinski definition) is 2. The van der Waals surface area contributed by atoms with Gasteiger partial charge in [-0.25, -0.2) is 0 Å². The number of nitriles is 1. The van der Waals surface area contributed by atoms with E-state index in [9.17, 15) is 0 Å². The van der Waals surface area contributed by atoms with Crippen molar-refractivity contribution in [3.05, 3.63) is 59.9 Å². The van der Waals surface area contributed by atoms with Crippen molar-refractivity contribution in [3.8, 4) is 6.07 Å². The molecular weight excluding hydrogens is 236 g/mol. The molecule has 3 N–H and O–H groups in total. The van der Waals surface area contributed by atoms with Crippen molar-refractivity contribution in [1.29, 1.82) is 5.26 Å². The minimum absolute atomic E-state index is 0.00379. The average Bonchev–Trinajstić information content (AvgIpc) is 2.48. The van der Waals surface area contributed by atoms with E-state index < -0.39 is 0 Å². The largest absolute Gasteiger partial charge is 0.383 e. The summed E-state index contributed by atoms with van der Waals surface area (Å²) < 4.78 is 0. The van der Waals surface area contributed by atoms with Crippen LogP contribution in [0.25, 0.3) is 0 Å². The van der Waals surface area contributed by atoms with Crippen LogP contribution in [-0.4, -0.2) is 11.5 Å². The summed E-state index contributed by atoms with van der Waals surface area (Å²) in [4.78, 5) is 4.00. The van der Waals surface area contributed by atoms with Crippen LogP contribution in [-0.2, 0) is 0 Å². The lowest BCUT2D eigenvalue weighted by Crippen LogP contribution is -2.15. The molecule has 4 nitrogen and oxygen atoms in total. The maximum Gasteiger partial charge on any atom is 0.101 e. The van der Waals surface area contributed by atoms with Crippen molar-refractivity contribution < 1.29 is 0 Å². The van der Waals surface area contributed by atoms with E-state index in [4.69, 9.17) is 11.0 Å². The van der Waals surface area contributed by atoms with E-state index in [1.54, 1.807) is 18.5 Å². The van der Waals surface area contributed by atoms with Gasteiger partial charge in [-0.05, 0) is 18.1 Å². The lowest BCUT2D eigenvalue weighted by molar-refractivity contribution is 0.675. The molecule has 0 radical (unpaired) electrons. The number of aromatic nitrogens is 1. The van der Waals surface area contributed by atoms with E-state index in [0.29, 0.717) is 12.1 Å². The highest BCUT2D eigenvalue weighted by atomic mass is 14.9. The molecule has 4 heteroatoms. The number of nitrogens with two attached hydrogens (primary N) is 1. The Morgan fingerprint density at radius 2 is 2.05 bits per heavy atom. The monoisotopic (exact) mass is 252 g/mol. The lowest BCUT2D eigenvalue weighted by Gasteiger charge is -2.13. The molecule has 0 aliphatic carbocycles. The Kier molecular flexibility index (Phi) is 4.49. The Labute approximate surface area is 112 Å². The van der Waals surface area contributed by atoms with Crippen LogP contribution in [0.5, 0.6) is 0 Å². The van der Waals surface area contributed by atoms with Crippen molar-refractivity contribution in [2.75, 3.05) is 11.9 Å². The Morgan fingerprint density at radius 3 is 2.79 bits per heavy atom. The van der Waals surface area contributed by atoms with Crippen LogP contribution in [0.4, 0.5) is 5.69 Å². The summed E-state index contributed by atoms with van der Waals surface area (Å²) in [6.07, 6.45) is 4.07. The maximum atomic E-state index is 8.96. The highest BCUT2D eigenvalue weighted by Crippen LogP contribution is 2.15. The van der Waals surface area contributed by atoms with Gasteiger partial charge in [-0.1, -0.05) is 30.3 Å². The van der Waals surface area contributed by atoms with Gasteiger partial charge in [-0.3, -0.25) is 4.98 Å². The molecule has 19 heavy (non-hydrogen) atoms. The predicted octanol–water partition coefficient (Wildman–Crippen LogP) is 2.46. The topological polar surface area (TPSA) is 74.7 Å². The molecular formula is C15H16N4. The molecule has 1 aromatic heterocycles. The standard InChI is InChI=1S/C15H16N4/c16-10-13-6-8-18-11-15(13)19-9-7-14(17)12-4-2-1-3-5-12/h1-6,8,11,14,19H,7,9,17H2. The first kappa shape index (κ1) is 13.1. The predicted molar refractivity (Wildman–Crippen MR) is 75.4 cm³/mol. The first-order valence-electron chi connectivity index (χ1n) is 6.20. The molecule has 1 heterocycles. The number of nitrogens with zero attached hydrogens (tertiary/aromatic N) is 2. The molecule has 0 amide bonds.